The van der Waals surface area contributed by atoms with Crippen LogP contribution in [0.15, 0.2) is 18.2 Å². The Morgan fingerprint density at radius 1 is 1.40 bits per heavy atom. The summed E-state index contributed by atoms with van der Waals surface area (Å²) in [4.78, 5) is 12.0. The van der Waals surface area contributed by atoms with Gasteiger partial charge in [0.25, 0.3) is 0 Å². The van der Waals surface area contributed by atoms with Crippen LogP contribution >= 0.6 is 0 Å². The van der Waals surface area contributed by atoms with E-state index >= 15 is 0 Å². The van der Waals surface area contributed by atoms with E-state index < -0.39 is 0 Å². The van der Waals surface area contributed by atoms with Gasteiger partial charge >= 0.3 is 0 Å². The molecule has 0 amide bonds. The van der Waals surface area contributed by atoms with Crippen molar-refractivity contribution in [3.8, 4) is 11.3 Å². The van der Waals surface area contributed by atoms with E-state index in [2.05, 4.69) is 24.2 Å². The van der Waals surface area contributed by atoms with Crippen LogP contribution in [0.2, 0.25) is 0 Å². The normalized spacial score (nSPS) is 14.1. The fourth-order valence-electron chi connectivity index (χ4n) is 2.63. The van der Waals surface area contributed by atoms with Gasteiger partial charge in [0.1, 0.15) is 6.54 Å². The molecule has 1 aliphatic rings. The minimum atomic E-state index is -0.0141. The second-order valence-corrected chi connectivity index (χ2v) is 5.50. The molecule has 0 unspecified atom stereocenters. The molecule has 0 aliphatic carbocycles. The summed E-state index contributed by atoms with van der Waals surface area (Å²) in [5.74, 6) is 0.361. The first-order chi connectivity index (χ1) is 9.60. The molecule has 0 atom stereocenters. The van der Waals surface area contributed by atoms with Gasteiger partial charge in [-0.1, -0.05) is 31.2 Å². The second-order valence-electron chi connectivity index (χ2n) is 5.50. The maximum Gasteiger partial charge on any atom is 0.158 e. The minimum absolute atomic E-state index is 0.0141. The van der Waals surface area contributed by atoms with Crippen LogP contribution in [-0.2, 0) is 24.4 Å². The van der Waals surface area contributed by atoms with Crippen molar-refractivity contribution in [2.24, 2.45) is 0 Å². The Balaban J connectivity index is 2.28. The van der Waals surface area contributed by atoms with Gasteiger partial charge in [-0.3, -0.25) is 4.79 Å². The molecule has 0 saturated heterocycles. The second kappa shape index (κ2) is 4.83. The summed E-state index contributed by atoms with van der Waals surface area (Å²) < 4.78 is 1.69. The summed E-state index contributed by atoms with van der Waals surface area (Å²) in [6.45, 7) is 4.37. The molecule has 20 heavy (non-hydrogen) atoms. The van der Waals surface area contributed by atoms with Crippen molar-refractivity contribution in [2.45, 2.75) is 39.3 Å². The quantitative estimate of drug-likeness (QED) is 0.902. The lowest BCUT2D eigenvalue weighted by Gasteiger charge is -2.10. The zero-order valence-corrected chi connectivity index (χ0v) is 11.6. The minimum Gasteiger partial charge on any atom is -0.392 e. The van der Waals surface area contributed by atoms with Crippen molar-refractivity contribution in [2.75, 3.05) is 0 Å². The molecule has 1 aromatic carbocycles. The van der Waals surface area contributed by atoms with E-state index in [0.29, 0.717) is 6.42 Å². The summed E-state index contributed by atoms with van der Waals surface area (Å²) >= 11 is 0. The Labute approximate surface area is 117 Å². The summed E-state index contributed by atoms with van der Waals surface area (Å²) in [7, 11) is 0. The van der Waals surface area contributed by atoms with Crippen LogP contribution in [0.4, 0.5) is 0 Å². The van der Waals surface area contributed by atoms with E-state index in [1.54, 1.807) is 4.68 Å². The van der Waals surface area contributed by atoms with Crippen LogP contribution in [0.25, 0.3) is 11.3 Å². The molecule has 1 aliphatic heterocycles. The Morgan fingerprint density at radius 3 is 2.90 bits per heavy atom. The maximum atomic E-state index is 12.0. The standard InChI is InChI=1S/C15H17N3O2/c1-9(2)14-15-13-5-10(8-19)3-4-11(13)6-12(20)7-18(15)17-16-14/h3-5,9,19H,6-8H2,1-2H3. The van der Waals surface area contributed by atoms with Crippen LogP contribution < -0.4 is 0 Å². The molecule has 2 aromatic rings. The number of hydrogen-bond acceptors (Lipinski definition) is 4. The lowest BCUT2D eigenvalue weighted by atomic mass is 9.95. The lowest BCUT2D eigenvalue weighted by Crippen LogP contribution is -2.11. The number of carbonyl (C=O) groups is 1. The van der Waals surface area contributed by atoms with Crippen molar-refractivity contribution in [3.63, 3.8) is 0 Å². The topological polar surface area (TPSA) is 68.0 Å². The Morgan fingerprint density at radius 2 is 2.20 bits per heavy atom. The summed E-state index contributed by atoms with van der Waals surface area (Å²) in [5, 5.41) is 17.7. The van der Waals surface area contributed by atoms with Crippen molar-refractivity contribution in [1.29, 1.82) is 0 Å². The van der Waals surface area contributed by atoms with Gasteiger partial charge in [-0.05, 0) is 23.1 Å². The van der Waals surface area contributed by atoms with Gasteiger partial charge in [0.15, 0.2) is 5.78 Å². The highest BCUT2D eigenvalue weighted by Crippen LogP contribution is 2.33. The molecule has 104 valence electrons. The maximum absolute atomic E-state index is 12.0. The number of Topliss-reactive ketones (excluding diaryl/α,β-unsaturated/α-hetero) is 1. The number of aliphatic hydroxyl groups is 1. The Bertz CT molecular complexity index is 674. The number of ketones is 1. The molecule has 5 heteroatoms. The Hall–Kier alpha value is -2.01. The van der Waals surface area contributed by atoms with Gasteiger partial charge in [-0.25, -0.2) is 4.68 Å². The highest BCUT2D eigenvalue weighted by atomic mass is 16.3. The van der Waals surface area contributed by atoms with Crippen molar-refractivity contribution < 1.29 is 9.90 Å². The van der Waals surface area contributed by atoms with Gasteiger partial charge in [-0.15, -0.1) is 5.10 Å². The van der Waals surface area contributed by atoms with Crippen molar-refractivity contribution in [3.05, 3.63) is 35.0 Å². The van der Waals surface area contributed by atoms with Gasteiger partial charge in [0.05, 0.1) is 18.0 Å². The first-order valence-corrected chi connectivity index (χ1v) is 6.78. The third kappa shape index (κ3) is 2.04. The predicted octanol–water partition coefficient (Wildman–Crippen LogP) is 1.69. The first-order valence-electron chi connectivity index (χ1n) is 6.78. The Kier molecular flexibility index (Phi) is 3.14. The number of rotatable bonds is 2. The van der Waals surface area contributed by atoms with Crippen LogP contribution in [-0.4, -0.2) is 25.9 Å². The largest absolute Gasteiger partial charge is 0.392 e. The highest BCUT2D eigenvalue weighted by molar-refractivity contribution is 5.86. The van der Waals surface area contributed by atoms with E-state index in [-0.39, 0.29) is 24.9 Å². The molecule has 3 rings (SSSR count). The SMILES string of the molecule is CC(C)c1nnn2c1-c1cc(CO)ccc1CC(=O)C2. The molecule has 1 N–H and O–H groups in total. The number of hydrogen-bond donors (Lipinski definition) is 1. The highest BCUT2D eigenvalue weighted by Gasteiger charge is 2.25. The van der Waals surface area contributed by atoms with E-state index in [4.69, 9.17) is 0 Å². The number of nitrogens with zero attached hydrogens (tertiary/aromatic N) is 3. The molecule has 2 heterocycles. The van der Waals surface area contributed by atoms with Gasteiger partial charge in [0, 0.05) is 12.0 Å². The van der Waals surface area contributed by atoms with Crippen molar-refractivity contribution in [1.82, 2.24) is 15.0 Å². The molecule has 0 bridgehead atoms. The number of aromatic nitrogens is 3. The van der Waals surface area contributed by atoms with E-state index in [1.807, 2.05) is 18.2 Å². The van der Waals surface area contributed by atoms with Crippen LogP contribution in [0, 0.1) is 0 Å². The number of benzene rings is 1. The van der Waals surface area contributed by atoms with Crippen LogP contribution in [0.3, 0.4) is 0 Å². The average molecular weight is 271 g/mol. The molecule has 0 spiro atoms. The first kappa shape index (κ1) is 13.0. The zero-order chi connectivity index (χ0) is 14.3. The molecule has 0 radical (unpaired) electrons. The smallest absolute Gasteiger partial charge is 0.158 e. The molecule has 0 fully saturated rings. The third-order valence-electron chi connectivity index (χ3n) is 3.63. The molecule has 1 aromatic heterocycles. The van der Waals surface area contributed by atoms with Gasteiger partial charge in [-0.2, -0.15) is 0 Å². The number of aliphatic hydroxyl groups excluding tert-OH is 1. The summed E-state index contributed by atoms with van der Waals surface area (Å²) in [6, 6.07) is 5.72. The summed E-state index contributed by atoms with van der Waals surface area (Å²) in [6.07, 6.45) is 0.405. The van der Waals surface area contributed by atoms with Crippen molar-refractivity contribution >= 4 is 5.78 Å². The lowest BCUT2D eigenvalue weighted by molar-refractivity contribution is -0.119. The summed E-state index contributed by atoms with van der Waals surface area (Å²) in [5.41, 5.74) is 4.60. The van der Waals surface area contributed by atoms with Gasteiger partial charge < -0.3 is 5.11 Å². The number of fused-ring (bicyclic) bond motifs is 3. The van der Waals surface area contributed by atoms with Crippen LogP contribution in [0.1, 0.15) is 36.6 Å². The van der Waals surface area contributed by atoms with Crippen LogP contribution in [0.5, 0.6) is 0 Å². The van der Waals surface area contributed by atoms with E-state index in [1.165, 1.54) is 0 Å². The number of carbonyl (C=O) groups excluding carboxylic acids is 1. The van der Waals surface area contributed by atoms with E-state index in [0.717, 1.165) is 28.1 Å². The molecule has 5 nitrogen and oxygen atoms in total. The molecular weight excluding hydrogens is 254 g/mol. The predicted molar refractivity (Wildman–Crippen MR) is 74.2 cm³/mol. The third-order valence-corrected chi connectivity index (χ3v) is 3.63. The fraction of sp³-hybridized carbons (Fsp3) is 0.400. The monoisotopic (exact) mass is 271 g/mol. The zero-order valence-electron chi connectivity index (χ0n) is 11.6. The molecule has 0 saturated carbocycles. The van der Waals surface area contributed by atoms with E-state index in [9.17, 15) is 9.90 Å². The fourth-order valence-corrected chi connectivity index (χ4v) is 2.63. The molecular formula is C15H17N3O2. The average Bonchev–Trinajstić information content (AvgIpc) is 2.77. The van der Waals surface area contributed by atoms with Gasteiger partial charge in [0.2, 0.25) is 0 Å².